The zero-order valence-corrected chi connectivity index (χ0v) is 13.2. The van der Waals surface area contributed by atoms with E-state index in [4.69, 9.17) is 4.74 Å². The maximum absolute atomic E-state index is 11.4. The van der Waals surface area contributed by atoms with Crippen LogP contribution >= 0.6 is 0 Å². The molecule has 0 aliphatic carbocycles. The van der Waals surface area contributed by atoms with Crippen LogP contribution in [0.25, 0.3) is 10.8 Å². The van der Waals surface area contributed by atoms with Crippen molar-refractivity contribution in [3.63, 3.8) is 0 Å². The van der Waals surface area contributed by atoms with Crippen molar-refractivity contribution >= 4 is 16.7 Å². The Kier molecular flexibility index (Phi) is 4.29. The van der Waals surface area contributed by atoms with Gasteiger partial charge in [0.1, 0.15) is 12.4 Å². The Morgan fingerprint density at radius 2 is 1.61 bits per heavy atom. The topological polar surface area (TPSA) is 35.5 Å². The van der Waals surface area contributed by atoms with Gasteiger partial charge in [0, 0.05) is 0 Å². The lowest BCUT2D eigenvalue weighted by Crippen LogP contribution is -2.01. The largest absolute Gasteiger partial charge is 0.489 e. The first-order chi connectivity index (χ1) is 11.2. The first kappa shape index (κ1) is 15.1. The summed E-state index contributed by atoms with van der Waals surface area (Å²) < 4.78 is 10.5. The molecule has 0 saturated carbocycles. The highest BCUT2D eigenvalue weighted by Gasteiger charge is 2.05. The first-order valence-electron chi connectivity index (χ1n) is 7.46. The highest BCUT2D eigenvalue weighted by atomic mass is 16.5. The second-order valence-electron chi connectivity index (χ2n) is 5.49. The number of carbonyl (C=O) groups excluding carboxylic acids is 1. The van der Waals surface area contributed by atoms with Gasteiger partial charge in [-0.25, -0.2) is 4.79 Å². The molecule has 3 heteroatoms. The van der Waals surface area contributed by atoms with Gasteiger partial charge < -0.3 is 9.47 Å². The zero-order chi connectivity index (χ0) is 16.2. The fourth-order valence-electron chi connectivity index (χ4n) is 2.45. The van der Waals surface area contributed by atoms with Crippen LogP contribution in [-0.2, 0) is 11.3 Å². The van der Waals surface area contributed by atoms with Crippen LogP contribution in [0.15, 0.2) is 60.7 Å². The average Bonchev–Trinajstić information content (AvgIpc) is 2.59. The lowest BCUT2D eigenvalue weighted by molar-refractivity contribution is 0.0600. The Labute approximate surface area is 135 Å². The number of rotatable bonds is 4. The van der Waals surface area contributed by atoms with Gasteiger partial charge in [0.2, 0.25) is 0 Å². The van der Waals surface area contributed by atoms with E-state index >= 15 is 0 Å². The molecule has 3 aromatic rings. The molecular formula is C20H18O3. The number of fused-ring (bicyclic) bond motifs is 1. The molecule has 3 nitrogen and oxygen atoms in total. The zero-order valence-electron chi connectivity index (χ0n) is 13.2. The number of carbonyl (C=O) groups is 1. The summed E-state index contributed by atoms with van der Waals surface area (Å²) in [7, 11) is 1.38. The number of esters is 1. The van der Waals surface area contributed by atoms with Gasteiger partial charge in [-0.15, -0.1) is 0 Å². The van der Waals surface area contributed by atoms with Crippen LogP contribution in [0.2, 0.25) is 0 Å². The van der Waals surface area contributed by atoms with E-state index in [0.29, 0.717) is 12.2 Å². The summed E-state index contributed by atoms with van der Waals surface area (Å²) in [6, 6.07) is 19.7. The lowest BCUT2D eigenvalue weighted by atomic mass is 10.1. The summed E-state index contributed by atoms with van der Waals surface area (Å²) in [5.74, 6) is 0.501. The number of methoxy groups -OCH3 is 1. The Balaban J connectivity index is 1.70. The maximum atomic E-state index is 11.4. The van der Waals surface area contributed by atoms with Gasteiger partial charge in [-0.05, 0) is 47.5 Å². The predicted molar refractivity (Wildman–Crippen MR) is 90.8 cm³/mol. The highest BCUT2D eigenvalue weighted by molar-refractivity contribution is 5.89. The molecule has 0 aliphatic rings. The number of aryl methyl sites for hydroxylation is 1. The minimum absolute atomic E-state index is 0.331. The van der Waals surface area contributed by atoms with Crippen LogP contribution in [0.1, 0.15) is 21.5 Å². The minimum Gasteiger partial charge on any atom is -0.489 e. The van der Waals surface area contributed by atoms with Gasteiger partial charge >= 0.3 is 5.97 Å². The molecule has 0 aliphatic heterocycles. The molecule has 23 heavy (non-hydrogen) atoms. The van der Waals surface area contributed by atoms with E-state index in [-0.39, 0.29) is 5.97 Å². The Morgan fingerprint density at radius 3 is 2.35 bits per heavy atom. The monoisotopic (exact) mass is 306 g/mol. The third kappa shape index (κ3) is 3.51. The van der Waals surface area contributed by atoms with E-state index < -0.39 is 0 Å². The molecule has 0 heterocycles. The standard InChI is InChI=1S/C20H18O3/c1-14-3-6-18-12-19(10-9-17(18)11-14)23-13-15-4-7-16(8-5-15)20(21)22-2/h3-12H,13H2,1-2H3. The summed E-state index contributed by atoms with van der Waals surface area (Å²) in [5, 5.41) is 2.37. The summed E-state index contributed by atoms with van der Waals surface area (Å²) in [6.07, 6.45) is 0. The van der Waals surface area contributed by atoms with Crippen LogP contribution in [0.5, 0.6) is 5.75 Å². The number of hydrogen-bond acceptors (Lipinski definition) is 3. The van der Waals surface area contributed by atoms with Crippen molar-refractivity contribution < 1.29 is 14.3 Å². The fourth-order valence-corrected chi connectivity index (χ4v) is 2.45. The van der Waals surface area contributed by atoms with Gasteiger partial charge in [-0.1, -0.05) is 42.0 Å². The second kappa shape index (κ2) is 6.53. The third-order valence-corrected chi connectivity index (χ3v) is 3.75. The molecular weight excluding hydrogens is 288 g/mol. The van der Waals surface area contributed by atoms with Crippen LogP contribution in [0.3, 0.4) is 0 Å². The van der Waals surface area contributed by atoms with Crippen molar-refractivity contribution in [1.82, 2.24) is 0 Å². The molecule has 0 N–H and O–H groups in total. The SMILES string of the molecule is COC(=O)c1ccc(COc2ccc3cc(C)ccc3c2)cc1. The van der Waals surface area contributed by atoms with Crippen LogP contribution in [0.4, 0.5) is 0 Å². The number of hydrogen-bond donors (Lipinski definition) is 0. The van der Waals surface area contributed by atoms with E-state index in [2.05, 4.69) is 35.9 Å². The third-order valence-electron chi connectivity index (χ3n) is 3.75. The summed E-state index contributed by atoms with van der Waals surface area (Å²) in [4.78, 5) is 11.4. The molecule has 0 atom stereocenters. The average molecular weight is 306 g/mol. The van der Waals surface area contributed by atoms with E-state index in [0.717, 1.165) is 16.7 Å². The molecule has 0 aromatic heterocycles. The fraction of sp³-hybridized carbons (Fsp3) is 0.150. The van der Waals surface area contributed by atoms with Crippen molar-refractivity contribution in [2.75, 3.05) is 7.11 Å². The van der Waals surface area contributed by atoms with Crippen LogP contribution in [0, 0.1) is 6.92 Å². The molecule has 3 rings (SSSR count). The molecule has 0 unspecified atom stereocenters. The van der Waals surface area contributed by atoms with Crippen molar-refractivity contribution in [2.24, 2.45) is 0 Å². The molecule has 3 aromatic carbocycles. The molecule has 0 amide bonds. The Morgan fingerprint density at radius 1 is 0.913 bits per heavy atom. The van der Waals surface area contributed by atoms with E-state index in [1.165, 1.54) is 18.1 Å². The van der Waals surface area contributed by atoms with Gasteiger partial charge in [0.15, 0.2) is 0 Å². The van der Waals surface area contributed by atoms with E-state index in [1.807, 2.05) is 24.3 Å². The summed E-state index contributed by atoms with van der Waals surface area (Å²) in [6.45, 7) is 2.54. The van der Waals surface area contributed by atoms with Gasteiger partial charge in [0.05, 0.1) is 12.7 Å². The molecule has 116 valence electrons. The smallest absolute Gasteiger partial charge is 0.337 e. The van der Waals surface area contributed by atoms with Gasteiger partial charge in [-0.2, -0.15) is 0 Å². The minimum atomic E-state index is -0.331. The van der Waals surface area contributed by atoms with Crippen molar-refractivity contribution in [3.8, 4) is 5.75 Å². The Bertz CT molecular complexity index is 835. The van der Waals surface area contributed by atoms with Crippen LogP contribution in [-0.4, -0.2) is 13.1 Å². The van der Waals surface area contributed by atoms with E-state index in [1.54, 1.807) is 12.1 Å². The quantitative estimate of drug-likeness (QED) is 0.665. The molecule has 0 saturated heterocycles. The van der Waals surface area contributed by atoms with Crippen molar-refractivity contribution in [3.05, 3.63) is 77.4 Å². The van der Waals surface area contributed by atoms with Crippen molar-refractivity contribution in [2.45, 2.75) is 13.5 Å². The van der Waals surface area contributed by atoms with E-state index in [9.17, 15) is 4.79 Å². The molecule has 0 spiro atoms. The number of ether oxygens (including phenoxy) is 2. The maximum Gasteiger partial charge on any atom is 0.337 e. The molecule has 0 bridgehead atoms. The van der Waals surface area contributed by atoms with Crippen molar-refractivity contribution in [1.29, 1.82) is 0 Å². The summed E-state index contributed by atoms with van der Waals surface area (Å²) >= 11 is 0. The van der Waals surface area contributed by atoms with Crippen LogP contribution < -0.4 is 4.74 Å². The Hall–Kier alpha value is -2.81. The number of benzene rings is 3. The molecule has 0 radical (unpaired) electrons. The van der Waals surface area contributed by atoms with Gasteiger partial charge in [-0.3, -0.25) is 0 Å². The highest BCUT2D eigenvalue weighted by Crippen LogP contribution is 2.22. The van der Waals surface area contributed by atoms with Gasteiger partial charge in [0.25, 0.3) is 0 Å². The lowest BCUT2D eigenvalue weighted by Gasteiger charge is -2.08. The summed E-state index contributed by atoms with van der Waals surface area (Å²) in [5.41, 5.74) is 2.79. The normalized spacial score (nSPS) is 10.5. The predicted octanol–water partition coefficient (Wildman–Crippen LogP) is 4.51. The second-order valence-corrected chi connectivity index (χ2v) is 5.49. The first-order valence-corrected chi connectivity index (χ1v) is 7.46. The molecule has 0 fully saturated rings.